The van der Waals surface area contributed by atoms with E-state index in [0.717, 1.165) is 0 Å². The molecule has 29 heavy (non-hydrogen) atoms. The van der Waals surface area contributed by atoms with Crippen molar-refractivity contribution in [2.75, 3.05) is 31.7 Å². The van der Waals surface area contributed by atoms with Gasteiger partial charge in [-0.05, 0) is 31.9 Å². The van der Waals surface area contributed by atoms with Gasteiger partial charge in [-0.2, -0.15) is 0 Å². The number of carbonyl (C=O) groups excluding carboxylic acids is 3. The van der Waals surface area contributed by atoms with E-state index in [0.29, 0.717) is 38.1 Å². The highest BCUT2D eigenvalue weighted by Crippen LogP contribution is 2.31. The number of nitrogens with one attached hydrogen (secondary N) is 3. The Bertz CT molecular complexity index is 761. The first-order chi connectivity index (χ1) is 13.7. The van der Waals surface area contributed by atoms with Gasteiger partial charge in [0.1, 0.15) is 6.04 Å². The van der Waals surface area contributed by atoms with Crippen molar-refractivity contribution in [2.45, 2.75) is 49.0 Å². The van der Waals surface area contributed by atoms with Crippen LogP contribution in [0.2, 0.25) is 0 Å². The van der Waals surface area contributed by atoms with Crippen LogP contribution in [-0.2, 0) is 24.2 Å². The maximum atomic E-state index is 12.8. The maximum absolute atomic E-state index is 12.8. The molecule has 0 aliphatic carbocycles. The van der Waals surface area contributed by atoms with Gasteiger partial charge in [-0.25, -0.2) is 13.2 Å². The van der Waals surface area contributed by atoms with Gasteiger partial charge in [-0.3, -0.25) is 25.1 Å². The normalized spacial score (nSPS) is 32.4. The molecule has 5 unspecified atom stereocenters. The lowest BCUT2D eigenvalue weighted by molar-refractivity contribution is -0.126. The first-order valence-electron chi connectivity index (χ1n) is 9.77. The minimum atomic E-state index is -3.11. The number of ether oxygens (including phenoxy) is 1. The Morgan fingerprint density at radius 1 is 1.17 bits per heavy atom. The van der Waals surface area contributed by atoms with Crippen LogP contribution < -0.4 is 16.0 Å². The Hall–Kier alpha value is -1.37. The zero-order valence-corrected chi connectivity index (χ0v) is 18.2. The van der Waals surface area contributed by atoms with Crippen LogP contribution in [0.25, 0.3) is 0 Å². The second-order valence-electron chi connectivity index (χ2n) is 7.62. The molecule has 164 valence electrons. The molecule has 3 aliphatic rings. The Morgan fingerprint density at radius 3 is 2.62 bits per heavy atom. The number of fused-ring (bicyclic) bond motifs is 1. The zero-order chi connectivity index (χ0) is 21.2. The smallest absolute Gasteiger partial charge is 0.413 e. The van der Waals surface area contributed by atoms with Crippen LogP contribution in [0.1, 0.15) is 26.2 Å². The van der Waals surface area contributed by atoms with Gasteiger partial charge in [0.15, 0.2) is 9.84 Å². The molecule has 5 atom stereocenters. The topological polar surface area (TPSA) is 134 Å². The lowest BCUT2D eigenvalue weighted by Gasteiger charge is -2.33. The van der Waals surface area contributed by atoms with E-state index in [1.165, 1.54) is 18.0 Å². The molecule has 3 amide bonds. The van der Waals surface area contributed by atoms with Crippen LogP contribution in [-0.4, -0.2) is 85.8 Å². The summed E-state index contributed by atoms with van der Waals surface area (Å²) in [6.07, 6.45) is 2.27. The molecule has 3 fully saturated rings. The van der Waals surface area contributed by atoms with Gasteiger partial charge in [0.05, 0.1) is 29.3 Å². The van der Waals surface area contributed by atoms with Crippen LogP contribution in [0.15, 0.2) is 0 Å². The summed E-state index contributed by atoms with van der Waals surface area (Å²) in [5, 5.41) is 7.57. The fourth-order valence-electron chi connectivity index (χ4n) is 4.03. The first-order valence-corrected chi connectivity index (χ1v) is 12.8. The highest BCUT2D eigenvalue weighted by atomic mass is 32.2. The summed E-state index contributed by atoms with van der Waals surface area (Å²) in [6.45, 7) is 2.67. The number of hydrogen-bond donors (Lipinski definition) is 3. The molecule has 0 radical (unpaired) electrons. The zero-order valence-electron chi connectivity index (χ0n) is 16.5. The number of imide groups is 1. The van der Waals surface area contributed by atoms with Crippen molar-refractivity contribution < 1.29 is 27.5 Å². The Morgan fingerprint density at radius 2 is 1.93 bits per heavy atom. The number of amides is 3. The third-order valence-electron chi connectivity index (χ3n) is 5.59. The predicted octanol–water partition coefficient (Wildman–Crippen LogP) is -0.739. The lowest BCUT2D eigenvalue weighted by Crippen LogP contribution is -2.50. The molecule has 0 aromatic rings. The largest absolute Gasteiger partial charge is 0.450 e. The molecule has 0 aromatic heterocycles. The van der Waals surface area contributed by atoms with Crippen molar-refractivity contribution in [3.05, 3.63) is 0 Å². The molecule has 0 bridgehead atoms. The Labute approximate surface area is 174 Å². The van der Waals surface area contributed by atoms with Gasteiger partial charge >= 0.3 is 6.09 Å². The molecular weight excluding hydrogens is 420 g/mol. The average Bonchev–Trinajstić information content (AvgIpc) is 3.26. The quantitative estimate of drug-likeness (QED) is 0.497. The summed E-state index contributed by atoms with van der Waals surface area (Å²) in [6, 6.07) is -0.465. The van der Waals surface area contributed by atoms with Gasteiger partial charge < -0.3 is 10.1 Å². The summed E-state index contributed by atoms with van der Waals surface area (Å²) in [7, 11) is -3.11. The second kappa shape index (κ2) is 9.19. The number of piperidine rings is 1. The molecule has 3 N–H and O–H groups in total. The Kier molecular flexibility index (Phi) is 7.07. The molecule has 10 nitrogen and oxygen atoms in total. The van der Waals surface area contributed by atoms with Crippen LogP contribution in [0.3, 0.4) is 0 Å². The van der Waals surface area contributed by atoms with Crippen molar-refractivity contribution in [3.63, 3.8) is 0 Å². The van der Waals surface area contributed by atoms with Gasteiger partial charge in [0.2, 0.25) is 11.8 Å². The highest BCUT2D eigenvalue weighted by Gasteiger charge is 2.43. The van der Waals surface area contributed by atoms with Crippen molar-refractivity contribution in [1.82, 2.24) is 20.9 Å². The SMILES string of the molecule is CCOC(=O)NC(=O)C1CCSC1NC(=O)C1CN2CC(S(C)(=O)=O)CCC2N1. The van der Waals surface area contributed by atoms with E-state index in [1.807, 2.05) is 4.90 Å². The van der Waals surface area contributed by atoms with Crippen LogP contribution in [0.4, 0.5) is 4.79 Å². The van der Waals surface area contributed by atoms with E-state index in [4.69, 9.17) is 4.74 Å². The molecule has 0 aromatic carbocycles. The number of rotatable bonds is 5. The number of nitrogens with zero attached hydrogens (tertiary/aromatic N) is 1. The van der Waals surface area contributed by atoms with Gasteiger partial charge in [0, 0.05) is 19.3 Å². The molecule has 12 heteroatoms. The van der Waals surface area contributed by atoms with E-state index >= 15 is 0 Å². The first kappa shape index (κ1) is 22.3. The van der Waals surface area contributed by atoms with Crippen LogP contribution >= 0.6 is 11.8 Å². The summed E-state index contributed by atoms with van der Waals surface area (Å²) < 4.78 is 28.4. The molecule has 3 heterocycles. The van der Waals surface area contributed by atoms with E-state index in [-0.39, 0.29) is 18.7 Å². The minimum absolute atomic E-state index is 0.0112. The summed E-state index contributed by atoms with van der Waals surface area (Å²) in [4.78, 5) is 38.6. The van der Waals surface area contributed by atoms with E-state index in [9.17, 15) is 22.8 Å². The fourth-order valence-corrected chi connectivity index (χ4v) is 6.39. The van der Waals surface area contributed by atoms with Gasteiger partial charge in [-0.1, -0.05) is 0 Å². The number of hydrogen-bond acceptors (Lipinski definition) is 9. The molecule has 0 spiro atoms. The predicted molar refractivity (Wildman–Crippen MR) is 108 cm³/mol. The van der Waals surface area contributed by atoms with E-state index in [1.54, 1.807) is 6.92 Å². The molecule has 0 saturated carbocycles. The minimum Gasteiger partial charge on any atom is -0.450 e. The molecule has 3 saturated heterocycles. The molecular formula is C17H28N4O6S2. The van der Waals surface area contributed by atoms with Crippen molar-refractivity contribution in [3.8, 4) is 0 Å². The van der Waals surface area contributed by atoms with Crippen LogP contribution in [0, 0.1) is 5.92 Å². The van der Waals surface area contributed by atoms with Crippen molar-refractivity contribution >= 4 is 39.5 Å². The number of alkyl carbamates (subject to hydrolysis) is 1. The number of sulfone groups is 1. The van der Waals surface area contributed by atoms with E-state index < -0.39 is 44.4 Å². The number of carbonyl (C=O) groups is 3. The third kappa shape index (κ3) is 5.41. The second-order valence-corrected chi connectivity index (χ2v) is 11.2. The van der Waals surface area contributed by atoms with Crippen molar-refractivity contribution in [1.29, 1.82) is 0 Å². The molecule has 3 aliphatic heterocycles. The van der Waals surface area contributed by atoms with Crippen molar-refractivity contribution in [2.24, 2.45) is 5.92 Å². The van der Waals surface area contributed by atoms with Gasteiger partial charge in [-0.15, -0.1) is 11.8 Å². The summed E-state index contributed by atoms with van der Waals surface area (Å²) in [5.74, 6) is -0.475. The van der Waals surface area contributed by atoms with Crippen LogP contribution in [0.5, 0.6) is 0 Å². The fraction of sp³-hybridized carbons (Fsp3) is 0.824. The molecule has 3 rings (SSSR count). The summed E-state index contributed by atoms with van der Waals surface area (Å²) in [5.41, 5.74) is 0. The standard InChI is InChI=1S/C17H28N4O6S2/c1-3-27-17(24)20-14(22)11-6-7-28-16(11)19-15(23)12-9-21-8-10(29(2,25)26)4-5-13(21)18-12/h10-13,16,18H,3-9H2,1-2H3,(H,19,23)(H,20,22,24). The Balaban J connectivity index is 1.54. The monoisotopic (exact) mass is 448 g/mol. The maximum Gasteiger partial charge on any atom is 0.413 e. The summed E-state index contributed by atoms with van der Waals surface area (Å²) >= 11 is 1.47. The number of thioether (sulfide) groups is 1. The lowest BCUT2D eigenvalue weighted by atomic mass is 10.1. The van der Waals surface area contributed by atoms with E-state index in [2.05, 4.69) is 16.0 Å². The van der Waals surface area contributed by atoms with Gasteiger partial charge in [0.25, 0.3) is 0 Å². The third-order valence-corrected chi connectivity index (χ3v) is 8.46. The highest BCUT2D eigenvalue weighted by molar-refractivity contribution is 8.00. The average molecular weight is 449 g/mol.